The number of nitrogens with zero attached hydrogens (tertiary/aromatic N) is 4. The highest BCUT2D eigenvalue weighted by Crippen LogP contribution is 2.23. The zero-order valence-corrected chi connectivity index (χ0v) is 10.8. The van der Waals surface area contributed by atoms with E-state index in [0.717, 1.165) is 37.1 Å². The zero-order chi connectivity index (χ0) is 12.4. The van der Waals surface area contributed by atoms with E-state index in [1.165, 1.54) is 6.42 Å². The normalized spacial score (nSPS) is 20.2. The molecule has 2 heterocycles. The van der Waals surface area contributed by atoms with Crippen LogP contribution in [0.1, 0.15) is 12.1 Å². The maximum atomic E-state index is 5.69. The van der Waals surface area contributed by atoms with Crippen LogP contribution in [0.2, 0.25) is 0 Å². The topological polar surface area (TPSA) is 58.3 Å². The average Bonchev–Trinajstić information content (AvgIpc) is 2.63. The first-order chi connectivity index (χ1) is 8.04. The number of aromatic nitrogens is 2. The van der Waals surface area contributed by atoms with Gasteiger partial charge in [0.1, 0.15) is 5.82 Å². The Labute approximate surface area is 103 Å². The van der Waals surface area contributed by atoms with Crippen LogP contribution in [0.5, 0.6) is 0 Å². The molecule has 1 aliphatic rings. The number of hydrogen-bond donors (Lipinski definition) is 1. The van der Waals surface area contributed by atoms with Gasteiger partial charge in [-0.2, -0.15) is 4.98 Å². The van der Waals surface area contributed by atoms with Crippen LogP contribution in [0.25, 0.3) is 0 Å². The Morgan fingerprint density at radius 3 is 2.88 bits per heavy atom. The molecular weight excluding hydrogens is 214 g/mol. The molecule has 1 atom stereocenters. The van der Waals surface area contributed by atoms with Crippen LogP contribution in [-0.2, 0) is 0 Å². The first-order valence-corrected chi connectivity index (χ1v) is 6.05. The summed E-state index contributed by atoms with van der Waals surface area (Å²) < 4.78 is 0. The summed E-state index contributed by atoms with van der Waals surface area (Å²) in [6.45, 7) is 5.22. The SMILES string of the molecule is Cc1cc(N2CCC(CN(C)C)C2)nc(N)n1. The molecule has 1 aromatic rings. The number of nitrogens with two attached hydrogens (primary N) is 1. The van der Waals surface area contributed by atoms with Crippen molar-refractivity contribution in [2.45, 2.75) is 13.3 Å². The fourth-order valence-electron chi connectivity index (χ4n) is 2.44. The Hall–Kier alpha value is -1.36. The summed E-state index contributed by atoms with van der Waals surface area (Å²) in [5, 5.41) is 0. The van der Waals surface area contributed by atoms with Gasteiger partial charge in [-0.25, -0.2) is 4.98 Å². The smallest absolute Gasteiger partial charge is 0.222 e. The number of rotatable bonds is 3. The Morgan fingerprint density at radius 1 is 1.47 bits per heavy atom. The van der Waals surface area contributed by atoms with Crippen LogP contribution in [-0.4, -0.2) is 48.6 Å². The van der Waals surface area contributed by atoms with Gasteiger partial charge in [-0.1, -0.05) is 0 Å². The van der Waals surface area contributed by atoms with Crippen LogP contribution in [0.15, 0.2) is 6.07 Å². The highest BCUT2D eigenvalue weighted by Gasteiger charge is 2.24. The molecule has 0 amide bonds. The molecule has 2 rings (SSSR count). The lowest BCUT2D eigenvalue weighted by molar-refractivity contribution is 0.340. The predicted molar refractivity (Wildman–Crippen MR) is 70.1 cm³/mol. The molecule has 1 unspecified atom stereocenters. The van der Waals surface area contributed by atoms with Gasteiger partial charge in [0.25, 0.3) is 0 Å². The molecule has 0 radical (unpaired) electrons. The van der Waals surface area contributed by atoms with Crippen molar-refractivity contribution in [3.05, 3.63) is 11.8 Å². The lowest BCUT2D eigenvalue weighted by atomic mass is 10.1. The van der Waals surface area contributed by atoms with Gasteiger partial charge in [0, 0.05) is 31.4 Å². The van der Waals surface area contributed by atoms with Crippen molar-refractivity contribution < 1.29 is 0 Å². The van der Waals surface area contributed by atoms with Crippen molar-refractivity contribution in [2.24, 2.45) is 5.92 Å². The van der Waals surface area contributed by atoms with E-state index in [9.17, 15) is 0 Å². The fraction of sp³-hybridized carbons (Fsp3) is 0.667. The van der Waals surface area contributed by atoms with E-state index < -0.39 is 0 Å². The highest BCUT2D eigenvalue weighted by atomic mass is 15.2. The molecule has 5 nitrogen and oxygen atoms in total. The molecule has 17 heavy (non-hydrogen) atoms. The van der Waals surface area contributed by atoms with E-state index in [4.69, 9.17) is 5.73 Å². The minimum absolute atomic E-state index is 0.371. The highest BCUT2D eigenvalue weighted by molar-refractivity contribution is 5.44. The van der Waals surface area contributed by atoms with Crippen molar-refractivity contribution in [1.29, 1.82) is 0 Å². The van der Waals surface area contributed by atoms with Gasteiger partial charge >= 0.3 is 0 Å². The van der Waals surface area contributed by atoms with E-state index in [2.05, 4.69) is 33.9 Å². The molecule has 0 aromatic carbocycles. The molecular formula is C12H21N5. The average molecular weight is 235 g/mol. The zero-order valence-electron chi connectivity index (χ0n) is 10.8. The lowest BCUT2D eigenvalue weighted by Crippen LogP contribution is -2.26. The van der Waals surface area contributed by atoms with Crippen LogP contribution in [0, 0.1) is 12.8 Å². The predicted octanol–water partition coefficient (Wildman–Crippen LogP) is 0.755. The third kappa shape index (κ3) is 3.06. The summed E-state index contributed by atoms with van der Waals surface area (Å²) in [4.78, 5) is 13.0. The van der Waals surface area contributed by atoms with E-state index in [-0.39, 0.29) is 0 Å². The standard InChI is InChI=1S/C12H21N5/c1-9-6-11(15-12(13)14-9)17-5-4-10(8-17)7-16(2)3/h6,10H,4-5,7-8H2,1-3H3,(H2,13,14,15). The summed E-state index contributed by atoms with van der Waals surface area (Å²) in [5.41, 5.74) is 6.62. The molecule has 5 heteroatoms. The van der Waals surface area contributed by atoms with Crippen LogP contribution in [0.4, 0.5) is 11.8 Å². The second-order valence-electron chi connectivity index (χ2n) is 5.09. The van der Waals surface area contributed by atoms with Crippen molar-refractivity contribution >= 4 is 11.8 Å². The molecule has 0 spiro atoms. The Kier molecular flexibility index (Phi) is 3.47. The van der Waals surface area contributed by atoms with Crippen LogP contribution < -0.4 is 10.6 Å². The molecule has 2 N–H and O–H groups in total. The quantitative estimate of drug-likeness (QED) is 0.838. The second-order valence-corrected chi connectivity index (χ2v) is 5.09. The summed E-state index contributed by atoms with van der Waals surface area (Å²) in [5.74, 6) is 2.06. The molecule has 1 saturated heterocycles. The van der Waals surface area contributed by atoms with Crippen molar-refractivity contribution in [3.63, 3.8) is 0 Å². The van der Waals surface area contributed by atoms with Gasteiger partial charge in [-0.3, -0.25) is 0 Å². The number of nitrogen functional groups attached to an aromatic ring is 1. The molecule has 1 aliphatic heterocycles. The van der Waals surface area contributed by atoms with Crippen molar-refractivity contribution in [2.75, 3.05) is 44.4 Å². The first-order valence-electron chi connectivity index (χ1n) is 6.05. The van der Waals surface area contributed by atoms with E-state index in [1.54, 1.807) is 0 Å². The van der Waals surface area contributed by atoms with Gasteiger partial charge in [0.2, 0.25) is 5.95 Å². The lowest BCUT2D eigenvalue weighted by Gasteiger charge is -2.19. The maximum Gasteiger partial charge on any atom is 0.222 e. The van der Waals surface area contributed by atoms with Crippen LogP contribution >= 0.6 is 0 Å². The minimum Gasteiger partial charge on any atom is -0.368 e. The van der Waals surface area contributed by atoms with Gasteiger partial charge in [-0.05, 0) is 33.4 Å². The molecule has 0 saturated carbocycles. The summed E-state index contributed by atoms with van der Waals surface area (Å²) in [6, 6.07) is 2.01. The monoisotopic (exact) mass is 235 g/mol. The Bertz CT molecular complexity index is 370. The van der Waals surface area contributed by atoms with E-state index >= 15 is 0 Å². The minimum atomic E-state index is 0.371. The van der Waals surface area contributed by atoms with E-state index in [0.29, 0.717) is 5.95 Å². The summed E-state index contributed by atoms with van der Waals surface area (Å²) in [6.07, 6.45) is 1.22. The van der Waals surface area contributed by atoms with Gasteiger partial charge in [-0.15, -0.1) is 0 Å². The number of hydrogen-bond acceptors (Lipinski definition) is 5. The molecule has 94 valence electrons. The Morgan fingerprint density at radius 2 is 2.24 bits per heavy atom. The molecule has 1 aromatic heterocycles. The van der Waals surface area contributed by atoms with E-state index in [1.807, 2.05) is 13.0 Å². The van der Waals surface area contributed by atoms with Gasteiger partial charge in [0.15, 0.2) is 0 Å². The summed E-state index contributed by atoms with van der Waals surface area (Å²) in [7, 11) is 4.24. The van der Waals surface area contributed by atoms with Crippen LogP contribution in [0.3, 0.4) is 0 Å². The molecule has 0 aliphatic carbocycles. The number of anilines is 2. The van der Waals surface area contributed by atoms with Gasteiger partial charge < -0.3 is 15.5 Å². The Balaban J connectivity index is 2.04. The second kappa shape index (κ2) is 4.87. The molecule has 0 bridgehead atoms. The van der Waals surface area contributed by atoms with Crippen molar-refractivity contribution in [1.82, 2.24) is 14.9 Å². The third-order valence-electron chi connectivity index (χ3n) is 3.09. The molecule has 1 fully saturated rings. The summed E-state index contributed by atoms with van der Waals surface area (Å²) >= 11 is 0. The first kappa shape index (κ1) is 12.1. The largest absolute Gasteiger partial charge is 0.368 e. The number of aryl methyl sites for hydroxylation is 1. The fourth-order valence-corrected chi connectivity index (χ4v) is 2.44. The third-order valence-corrected chi connectivity index (χ3v) is 3.09. The van der Waals surface area contributed by atoms with Gasteiger partial charge in [0.05, 0.1) is 0 Å². The van der Waals surface area contributed by atoms with Crippen molar-refractivity contribution in [3.8, 4) is 0 Å². The maximum absolute atomic E-state index is 5.69.